The lowest BCUT2D eigenvalue weighted by Gasteiger charge is -2.17. The third kappa shape index (κ3) is 4.48. The molecule has 1 aromatic carbocycles. The van der Waals surface area contributed by atoms with Gasteiger partial charge in [0.25, 0.3) is 0 Å². The first-order valence-corrected chi connectivity index (χ1v) is 7.43. The van der Waals surface area contributed by atoms with Gasteiger partial charge in [0.2, 0.25) is 0 Å². The number of aryl methyl sites for hydroxylation is 1. The quantitative estimate of drug-likeness (QED) is 0.880. The van der Waals surface area contributed by atoms with Crippen LogP contribution in [0.5, 0.6) is 0 Å². The van der Waals surface area contributed by atoms with Crippen molar-refractivity contribution in [1.29, 1.82) is 0 Å². The molecule has 5 heteroatoms. The summed E-state index contributed by atoms with van der Waals surface area (Å²) in [6, 6.07) is 4.64. The van der Waals surface area contributed by atoms with Crippen molar-refractivity contribution in [3.63, 3.8) is 0 Å². The van der Waals surface area contributed by atoms with Gasteiger partial charge in [-0.2, -0.15) is 0 Å². The van der Waals surface area contributed by atoms with Gasteiger partial charge in [-0.25, -0.2) is 14.4 Å². The molecule has 0 saturated heterocycles. The highest BCUT2D eigenvalue weighted by Crippen LogP contribution is 2.20. The fourth-order valence-electron chi connectivity index (χ4n) is 2.06. The SMILES string of the molecule is CCCNC(Cc1ccc(Cl)cc1F)c1ncc(C)cn1. The minimum Gasteiger partial charge on any atom is -0.307 e. The summed E-state index contributed by atoms with van der Waals surface area (Å²) in [6.45, 7) is 4.86. The minimum absolute atomic E-state index is 0.110. The van der Waals surface area contributed by atoms with Crippen molar-refractivity contribution in [2.45, 2.75) is 32.7 Å². The number of nitrogens with zero attached hydrogens (tertiary/aromatic N) is 2. The number of benzene rings is 1. The molecule has 112 valence electrons. The van der Waals surface area contributed by atoms with Crippen molar-refractivity contribution in [3.8, 4) is 0 Å². The van der Waals surface area contributed by atoms with Crippen LogP contribution >= 0.6 is 11.6 Å². The summed E-state index contributed by atoms with van der Waals surface area (Å²) in [7, 11) is 0. The number of aromatic nitrogens is 2. The number of hydrogen-bond acceptors (Lipinski definition) is 3. The monoisotopic (exact) mass is 307 g/mol. The van der Waals surface area contributed by atoms with Crippen LogP contribution in [0, 0.1) is 12.7 Å². The highest BCUT2D eigenvalue weighted by atomic mass is 35.5. The number of rotatable bonds is 6. The van der Waals surface area contributed by atoms with Gasteiger partial charge >= 0.3 is 0 Å². The molecule has 1 atom stereocenters. The lowest BCUT2D eigenvalue weighted by molar-refractivity contribution is 0.491. The maximum Gasteiger partial charge on any atom is 0.145 e. The van der Waals surface area contributed by atoms with E-state index >= 15 is 0 Å². The van der Waals surface area contributed by atoms with Gasteiger partial charge in [0.05, 0.1) is 6.04 Å². The van der Waals surface area contributed by atoms with Gasteiger partial charge < -0.3 is 5.32 Å². The Morgan fingerprint density at radius 1 is 1.29 bits per heavy atom. The molecule has 1 aromatic heterocycles. The highest BCUT2D eigenvalue weighted by Gasteiger charge is 2.16. The van der Waals surface area contributed by atoms with Crippen LogP contribution in [-0.4, -0.2) is 16.5 Å². The van der Waals surface area contributed by atoms with Gasteiger partial charge in [-0.3, -0.25) is 0 Å². The zero-order valence-corrected chi connectivity index (χ0v) is 13.0. The Hall–Kier alpha value is -1.52. The standard InChI is InChI=1S/C16H19ClFN3/c1-3-6-19-15(16-20-9-11(2)10-21-16)7-12-4-5-13(17)8-14(12)18/h4-5,8-10,15,19H,3,6-7H2,1-2H3. The third-order valence-corrected chi connectivity index (χ3v) is 3.43. The average molecular weight is 308 g/mol. The van der Waals surface area contributed by atoms with E-state index in [-0.39, 0.29) is 11.9 Å². The summed E-state index contributed by atoms with van der Waals surface area (Å²) >= 11 is 5.79. The first-order chi connectivity index (χ1) is 10.1. The molecule has 1 N–H and O–H groups in total. The lowest BCUT2D eigenvalue weighted by Crippen LogP contribution is -2.26. The normalized spacial score (nSPS) is 12.4. The van der Waals surface area contributed by atoms with Gasteiger partial charge in [-0.15, -0.1) is 0 Å². The molecule has 2 rings (SSSR count). The second kappa shape index (κ2) is 7.48. The van der Waals surface area contributed by atoms with E-state index in [1.165, 1.54) is 6.07 Å². The van der Waals surface area contributed by atoms with Crippen LogP contribution < -0.4 is 5.32 Å². The Morgan fingerprint density at radius 3 is 2.62 bits per heavy atom. The van der Waals surface area contributed by atoms with Crippen LogP contribution in [0.3, 0.4) is 0 Å². The molecule has 0 bridgehead atoms. The van der Waals surface area contributed by atoms with Gasteiger partial charge in [0.1, 0.15) is 11.6 Å². The van der Waals surface area contributed by atoms with Crippen molar-refractivity contribution in [1.82, 2.24) is 15.3 Å². The van der Waals surface area contributed by atoms with E-state index in [4.69, 9.17) is 11.6 Å². The molecule has 0 amide bonds. The van der Waals surface area contributed by atoms with Crippen LogP contribution in [0.15, 0.2) is 30.6 Å². The van der Waals surface area contributed by atoms with Crippen LogP contribution in [0.4, 0.5) is 4.39 Å². The second-order valence-corrected chi connectivity index (χ2v) is 5.50. The third-order valence-electron chi connectivity index (χ3n) is 3.19. The highest BCUT2D eigenvalue weighted by molar-refractivity contribution is 6.30. The summed E-state index contributed by atoms with van der Waals surface area (Å²) in [5.41, 5.74) is 1.61. The Morgan fingerprint density at radius 2 is 2.00 bits per heavy atom. The molecule has 3 nitrogen and oxygen atoms in total. The van der Waals surface area contributed by atoms with E-state index in [0.29, 0.717) is 22.8 Å². The van der Waals surface area contributed by atoms with E-state index in [0.717, 1.165) is 18.5 Å². The number of nitrogens with one attached hydrogen (secondary N) is 1. The van der Waals surface area contributed by atoms with Crippen molar-refractivity contribution >= 4 is 11.6 Å². The molecule has 2 aromatic rings. The summed E-state index contributed by atoms with van der Waals surface area (Å²) in [5, 5.41) is 3.77. The molecule has 1 unspecified atom stereocenters. The fraction of sp³-hybridized carbons (Fsp3) is 0.375. The summed E-state index contributed by atoms with van der Waals surface area (Å²) < 4.78 is 14.0. The molecule has 0 aliphatic heterocycles. The van der Waals surface area contributed by atoms with E-state index in [1.54, 1.807) is 24.5 Å². The molecular formula is C16H19ClFN3. The Balaban J connectivity index is 2.21. The van der Waals surface area contributed by atoms with E-state index in [9.17, 15) is 4.39 Å². The predicted octanol–water partition coefficient (Wildman–Crippen LogP) is 3.86. The zero-order valence-electron chi connectivity index (χ0n) is 12.2. The molecule has 21 heavy (non-hydrogen) atoms. The molecule has 0 fully saturated rings. The lowest BCUT2D eigenvalue weighted by atomic mass is 10.0. The van der Waals surface area contributed by atoms with Crippen LogP contribution in [-0.2, 0) is 6.42 Å². The maximum atomic E-state index is 14.0. The van der Waals surface area contributed by atoms with Crippen molar-refractivity contribution in [3.05, 3.63) is 58.4 Å². The molecular weight excluding hydrogens is 289 g/mol. The summed E-state index contributed by atoms with van der Waals surface area (Å²) in [5.74, 6) is 0.390. The Bertz CT molecular complexity index is 587. The topological polar surface area (TPSA) is 37.8 Å². The van der Waals surface area contributed by atoms with Crippen LogP contribution in [0.1, 0.15) is 36.3 Å². The number of hydrogen-bond donors (Lipinski definition) is 1. The van der Waals surface area contributed by atoms with E-state index in [2.05, 4.69) is 22.2 Å². The van der Waals surface area contributed by atoms with Crippen LogP contribution in [0.25, 0.3) is 0 Å². The average Bonchev–Trinajstić information content (AvgIpc) is 2.46. The van der Waals surface area contributed by atoms with Gasteiger partial charge in [0, 0.05) is 17.4 Å². The predicted molar refractivity (Wildman–Crippen MR) is 82.9 cm³/mol. The zero-order chi connectivity index (χ0) is 15.2. The summed E-state index contributed by atoms with van der Waals surface area (Å²) in [6.07, 6.45) is 5.04. The molecule has 0 aliphatic carbocycles. The Kier molecular flexibility index (Phi) is 5.65. The van der Waals surface area contributed by atoms with Crippen molar-refractivity contribution in [2.24, 2.45) is 0 Å². The van der Waals surface area contributed by atoms with Crippen LogP contribution in [0.2, 0.25) is 5.02 Å². The van der Waals surface area contributed by atoms with Gasteiger partial charge in [-0.1, -0.05) is 24.6 Å². The molecule has 0 aliphatic rings. The van der Waals surface area contributed by atoms with Gasteiger partial charge in [-0.05, 0) is 49.6 Å². The summed E-state index contributed by atoms with van der Waals surface area (Å²) in [4.78, 5) is 8.71. The smallest absolute Gasteiger partial charge is 0.145 e. The van der Waals surface area contributed by atoms with Crippen molar-refractivity contribution < 1.29 is 4.39 Å². The maximum absolute atomic E-state index is 14.0. The van der Waals surface area contributed by atoms with E-state index < -0.39 is 0 Å². The fourth-order valence-corrected chi connectivity index (χ4v) is 2.22. The number of halogens is 2. The largest absolute Gasteiger partial charge is 0.307 e. The molecule has 1 heterocycles. The Labute approximate surface area is 129 Å². The van der Waals surface area contributed by atoms with E-state index in [1.807, 2.05) is 6.92 Å². The first-order valence-electron chi connectivity index (χ1n) is 7.06. The van der Waals surface area contributed by atoms with Crippen molar-refractivity contribution in [2.75, 3.05) is 6.54 Å². The molecule has 0 spiro atoms. The minimum atomic E-state index is -0.294. The first kappa shape index (κ1) is 15.9. The van der Waals surface area contributed by atoms with Gasteiger partial charge in [0.15, 0.2) is 0 Å². The molecule has 0 saturated carbocycles. The molecule has 0 radical (unpaired) electrons. The second-order valence-electron chi connectivity index (χ2n) is 5.07.